The minimum Gasteiger partial charge on any atom is -0.328 e. The highest BCUT2D eigenvalue weighted by Gasteiger charge is 2.16. The third-order valence-electron chi connectivity index (χ3n) is 4.17. The number of hydrogen-bond acceptors (Lipinski definition) is 2. The monoisotopic (exact) mass is 260 g/mol. The van der Waals surface area contributed by atoms with E-state index < -0.39 is 0 Å². The van der Waals surface area contributed by atoms with Gasteiger partial charge in [0.05, 0.1) is 0 Å². The van der Waals surface area contributed by atoms with Crippen molar-refractivity contribution < 1.29 is 0 Å². The summed E-state index contributed by atoms with van der Waals surface area (Å²) in [6.07, 6.45) is 3.46. The predicted molar refractivity (Wildman–Crippen MR) is 82.5 cm³/mol. The molecule has 0 bridgehead atoms. The van der Waals surface area contributed by atoms with E-state index in [4.69, 9.17) is 5.73 Å². The van der Waals surface area contributed by atoms with Crippen molar-refractivity contribution in [3.05, 3.63) is 35.4 Å². The van der Waals surface area contributed by atoms with Crippen molar-refractivity contribution in [1.82, 2.24) is 4.90 Å². The Kier molecular flexibility index (Phi) is 4.64. The standard InChI is InChI=1S/C17H28N2/c1-17(2,3)15-6-4-14(5-7-15)8-11-19-12-9-16(18)10-13-19/h4-7,16H,8-13,18H2,1-3H3. The Balaban J connectivity index is 1.83. The quantitative estimate of drug-likeness (QED) is 0.905. The van der Waals surface area contributed by atoms with E-state index in [0.29, 0.717) is 6.04 Å². The summed E-state index contributed by atoms with van der Waals surface area (Å²) >= 11 is 0. The first-order valence-electron chi connectivity index (χ1n) is 7.52. The Morgan fingerprint density at radius 1 is 1.11 bits per heavy atom. The molecule has 1 fully saturated rings. The summed E-state index contributed by atoms with van der Waals surface area (Å²) in [5.41, 5.74) is 9.05. The maximum Gasteiger partial charge on any atom is 0.00631 e. The van der Waals surface area contributed by atoms with E-state index >= 15 is 0 Å². The van der Waals surface area contributed by atoms with Crippen LogP contribution in [-0.4, -0.2) is 30.6 Å². The number of hydrogen-bond donors (Lipinski definition) is 1. The van der Waals surface area contributed by atoms with Gasteiger partial charge in [0.15, 0.2) is 0 Å². The SMILES string of the molecule is CC(C)(C)c1ccc(CCN2CCC(N)CC2)cc1. The summed E-state index contributed by atoms with van der Waals surface area (Å²) in [5.74, 6) is 0. The molecule has 0 aromatic heterocycles. The second-order valence-corrected chi connectivity index (χ2v) is 6.88. The maximum atomic E-state index is 5.93. The topological polar surface area (TPSA) is 29.3 Å². The Labute approximate surface area is 118 Å². The molecule has 0 unspecified atom stereocenters. The van der Waals surface area contributed by atoms with Crippen LogP contribution < -0.4 is 5.73 Å². The maximum absolute atomic E-state index is 5.93. The van der Waals surface area contributed by atoms with Gasteiger partial charge in [-0.1, -0.05) is 45.0 Å². The van der Waals surface area contributed by atoms with Gasteiger partial charge >= 0.3 is 0 Å². The molecule has 2 nitrogen and oxygen atoms in total. The molecule has 0 amide bonds. The molecule has 19 heavy (non-hydrogen) atoms. The van der Waals surface area contributed by atoms with Crippen molar-refractivity contribution in [3.8, 4) is 0 Å². The van der Waals surface area contributed by atoms with Gasteiger partial charge in [0.25, 0.3) is 0 Å². The number of piperidine rings is 1. The lowest BCUT2D eigenvalue weighted by Crippen LogP contribution is -2.40. The smallest absolute Gasteiger partial charge is 0.00631 e. The molecule has 1 aliphatic heterocycles. The second kappa shape index (κ2) is 6.06. The van der Waals surface area contributed by atoms with Crippen molar-refractivity contribution in [2.75, 3.05) is 19.6 Å². The van der Waals surface area contributed by atoms with Crippen molar-refractivity contribution >= 4 is 0 Å². The summed E-state index contributed by atoms with van der Waals surface area (Å²) in [4.78, 5) is 2.54. The van der Waals surface area contributed by atoms with Crippen LogP contribution in [0.15, 0.2) is 24.3 Å². The van der Waals surface area contributed by atoms with Crippen LogP contribution >= 0.6 is 0 Å². The summed E-state index contributed by atoms with van der Waals surface area (Å²) in [7, 11) is 0. The van der Waals surface area contributed by atoms with E-state index in [0.717, 1.165) is 19.3 Å². The first-order valence-corrected chi connectivity index (χ1v) is 7.52. The van der Waals surface area contributed by atoms with E-state index in [9.17, 15) is 0 Å². The fraction of sp³-hybridized carbons (Fsp3) is 0.647. The summed E-state index contributed by atoms with van der Waals surface area (Å²) in [6, 6.07) is 9.57. The minimum atomic E-state index is 0.252. The molecule has 1 heterocycles. The zero-order valence-corrected chi connectivity index (χ0v) is 12.7. The van der Waals surface area contributed by atoms with Crippen LogP contribution in [0.2, 0.25) is 0 Å². The van der Waals surface area contributed by atoms with E-state index in [1.807, 2.05) is 0 Å². The first-order chi connectivity index (χ1) is 8.95. The zero-order chi connectivity index (χ0) is 13.9. The highest BCUT2D eigenvalue weighted by Crippen LogP contribution is 2.22. The van der Waals surface area contributed by atoms with Crippen LogP contribution in [0.3, 0.4) is 0 Å². The van der Waals surface area contributed by atoms with Gasteiger partial charge < -0.3 is 10.6 Å². The fourth-order valence-electron chi connectivity index (χ4n) is 2.64. The third kappa shape index (κ3) is 4.32. The highest BCUT2D eigenvalue weighted by atomic mass is 15.1. The number of benzene rings is 1. The molecule has 1 saturated heterocycles. The molecular formula is C17H28N2. The van der Waals surface area contributed by atoms with Gasteiger partial charge in [0.1, 0.15) is 0 Å². The van der Waals surface area contributed by atoms with E-state index in [2.05, 4.69) is 49.9 Å². The van der Waals surface area contributed by atoms with Crippen molar-refractivity contribution in [2.45, 2.75) is 51.5 Å². The van der Waals surface area contributed by atoms with Gasteiger partial charge in [-0.05, 0) is 48.9 Å². The molecule has 1 aromatic carbocycles. The van der Waals surface area contributed by atoms with Gasteiger partial charge in [-0.3, -0.25) is 0 Å². The van der Waals surface area contributed by atoms with Crippen LogP contribution in [0, 0.1) is 0 Å². The van der Waals surface area contributed by atoms with Crippen LogP contribution in [0.1, 0.15) is 44.7 Å². The lowest BCUT2D eigenvalue weighted by atomic mass is 9.86. The van der Waals surface area contributed by atoms with Crippen LogP contribution in [0.25, 0.3) is 0 Å². The molecule has 0 saturated carbocycles. The van der Waals surface area contributed by atoms with E-state index in [1.165, 1.54) is 30.8 Å². The van der Waals surface area contributed by atoms with Gasteiger partial charge in [0, 0.05) is 12.6 Å². The van der Waals surface area contributed by atoms with E-state index in [1.54, 1.807) is 0 Å². The normalized spacial score (nSPS) is 18.7. The number of nitrogens with zero attached hydrogens (tertiary/aromatic N) is 1. The number of likely N-dealkylation sites (tertiary alicyclic amines) is 1. The summed E-state index contributed by atoms with van der Waals surface area (Å²) in [5, 5.41) is 0. The molecule has 2 N–H and O–H groups in total. The summed E-state index contributed by atoms with van der Waals surface area (Å²) in [6.45, 7) is 10.3. The molecule has 0 radical (unpaired) electrons. The molecule has 1 aromatic rings. The van der Waals surface area contributed by atoms with Gasteiger partial charge in [-0.2, -0.15) is 0 Å². The van der Waals surface area contributed by atoms with Crippen molar-refractivity contribution in [3.63, 3.8) is 0 Å². The molecular weight excluding hydrogens is 232 g/mol. The Bertz CT molecular complexity index is 381. The largest absolute Gasteiger partial charge is 0.328 e. The second-order valence-electron chi connectivity index (χ2n) is 6.88. The molecule has 1 aliphatic rings. The number of nitrogens with two attached hydrogens (primary N) is 1. The average Bonchev–Trinajstić information content (AvgIpc) is 2.37. The highest BCUT2D eigenvalue weighted by molar-refractivity contribution is 5.27. The average molecular weight is 260 g/mol. The van der Waals surface area contributed by atoms with Crippen LogP contribution in [0.5, 0.6) is 0 Å². The molecule has 2 rings (SSSR count). The summed E-state index contributed by atoms with van der Waals surface area (Å²) < 4.78 is 0. The molecule has 2 heteroatoms. The minimum absolute atomic E-state index is 0.252. The van der Waals surface area contributed by atoms with E-state index in [-0.39, 0.29) is 5.41 Å². The Morgan fingerprint density at radius 2 is 1.68 bits per heavy atom. The molecule has 0 aliphatic carbocycles. The van der Waals surface area contributed by atoms with Crippen LogP contribution in [0.4, 0.5) is 0 Å². The third-order valence-corrected chi connectivity index (χ3v) is 4.17. The zero-order valence-electron chi connectivity index (χ0n) is 12.7. The Hall–Kier alpha value is -0.860. The first kappa shape index (κ1) is 14.5. The molecule has 0 atom stereocenters. The molecule has 106 valence electrons. The van der Waals surface area contributed by atoms with Gasteiger partial charge in [-0.25, -0.2) is 0 Å². The number of rotatable bonds is 3. The lowest BCUT2D eigenvalue weighted by molar-refractivity contribution is 0.215. The molecule has 0 spiro atoms. The van der Waals surface area contributed by atoms with Crippen molar-refractivity contribution in [2.24, 2.45) is 5.73 Å². The van der Waals surface area contributed by atoms with Crippen molar-refractivity contribution in [1.29, 1.82) is 0 Å². The lowest BCUT2D eigenvalue weighted by Gasteiger charge is -2.30. The fourth-order valence-corrected chi connectivity index (χ4v) is 2.64. The van der Waals surface area contributed by atoms with Crippen LogP contribution in [-0.2, 0) is 11.8 Å². The predicted octanol–water partition coefficient (Wildman–Crippen LogP) is 2.95. The van der Waals surface area contributed by atoms with Gasteiger partial charge in [-0.15, -0.1) is 0 Å². The Morgan fingerprint density at radius 3 is 2.21 bits per heavy atom. The van der Waals surface area contributed by atoms with Gasteiger partial charge in [0.2, 0.25) is 0 Å².